The van der Waals surface area contributed by atoms with Gasteiger partial charge in [-0.25, -0.2) is 0 Å². The first-order chi connectivity index (χ1) is 31.3. The van der Waals surface area contributed by atoms with Crippen molar-refractivity contribution < 1.29 is 39.8 Å². The van der Waals surface area contributed by atoms with Crippen LogP contribution in [0.5, 0.6) is 0 Å². The van der Waals surface area contributed by atoms with Gasteiger partial charge in [0.2, 0.25) is 5.91 Å². The van der Waals surface area contributed by atoms with E-state index in [0.29, 0.717) is 6.42 Å². The minimum absolute atomic E-state index is 0.174. The fraction of sp³-hybridized carbons (Fsp3) is 0.909. The van der Waals surface area contributed by atoms with Gasteiger partial charge in [-0.3, -0.25) is 4.79 Å². The van der Waals surface area contributed by atoms with Gasteiger partial charge in [0.1, 0.15) is 24.4 Å². The minimum atomic E-state index is -1.56. The highest BCUT2D eigenvalue weighted by Crippen LogP contribution is 2.23. The third-order valence-corrected chi connectivity index (χ3v) is 13.3. The molecule has 0 bridgehead atoms. The molecule has 7 atom stereocenters. The summed E-state index contributed by atoms with van der Waals surface area (Å²) in [6.45, 7) is 3.80. The van der Waals surface area contributed by atoms with Gasteiger partial charge in [0.05, 0.1) is 25.4 Å². The highest BCUT2D eigenvalue weighted by atomic mass is 16.7. The van der Waals surface area contributed by atoms with Crippen LogP contribution in [0.3, 0.4) is 0 Å². The molecule has 0 aromatic carbocycles. The fourth-order valence-corrected chi connectivity index (χ4v) is 8.86. The summed E-state index contributed by atoms with van der Waals surface area (Å²) in [5, 5.41) is 54.4. The molecule has 1 saturated heterocycles. The lowest BCUT2D eigenvalue weighted by Gasteiger charge is -2.40. The van der Waals surface area contributed by atoms with Crippen LogP contribution >= 0.6 is 0 Å². The summed E-state index contributed by atoms with van der Waals surface area (Å²) >= 11 is 0. The zero-order valence-electron chi connectivity index (χ0n) is 41.8. The third-order valence-electron chi connectivity index (χ3n) is 13.3. The lowest BCUT2D eigenvalue weighted by atomic mass is 9.99. The molecular weight excluding hydrogens is 803 g/mol. The van der Waals surface area contributed by atoms with Gasteiger partial charge in [-0.05, 0) is 44.9 Å². The second-order valence-electron chi connectivity index (χ2n) is 19.4. The minimum Gasteiger partial charge on any atom is -0.394 e. The van der Waals surface area contributed by atoms with Crippen molar-refractivity contribution in [3.05, 3.63) is 24.3 Å². The van der Waals surface area contributed by atoms with E-state index in [0.717, 1.165) is 38.5 Å². The number of amides is 1. The molecule has 1 fully saturated rings. The van der Waals surface area contributed by atoms with Crippen molar-refractivity contribution in [1.29, 1.82) is 0 Å². The normalized spacial score (nSPS) is 20.1. The largest absolute Gasteiger partial charge is 0.394 e. The van der Waals surface area contributed by atoms with Crippen LogP contribution < -0.4 is 5.32 Å². The Labute approximate surface area is 394 Å². The number of rotatable bonds is 47. The topological polar surface area (TPSA) is 149 Å². The number of carbonyl (C=O) groups is 1. The Morgan fingerprint density at radius 1 is 0.516 bits per heavy atom. The molecule has 0 aromatic rings. The molecule has 0 spiro atoms. The molecule has 1 aliphatic rings. The summed E-state index contributed by atoms with van der Waals surface area (Å²) in [5.41, 5.74) is 0. The number of aliphatic hydroxyl groups is 5. The zero-order valence-corrected chi connectivity index (χ0v) is 41.8. The highest BCUT2D eigenvalue weighted by Gasteiger charge is 2.44. The summed E-state index contributed by atoms with van der Waals surface area (Å²) in [7, 11) is 0. The maximum atomic E-state index is 13.0. The number of aliphatic hydroxyl groups excluding tert-OH is 5. The second-order valence-corrected chi connectivity index (χ2v) is 19.4. The average Bonchev–Trinajstić information content (AvgIpc) is 3.29. The molecule has 1 aliphatic heterocycles. The van der Waals surface area contributed by atoms with Crippen LogP contribution in [0.25, 0.3) is 0 Å². The Bertz CT molecular complexity index is 1060. The second kappa shape index (κ2) is 45.5. The Kier molecular flexibility index (Phi) is 43.1. The summed E-state index contributed by atoms with van der Waals surface area (Å²) < 4.78 is 11.3. The average molecular weight is 908 g/mol. The van der Waals surface area contributed by atoms with Gasteiger partial charge in [0.25, 0.3) is 0 Å². The standard InChI is InChI=1S/C55H105NO8/c1-3-5-7-9-11-13-15-17-19-21-23-24-25-26-27-29-31-33-35-37-39-41-43-45-51(59)56-48(47-63-55-54(62)53(61)52(60)50(46-57)64-55)49(58)44-42-40-38-36-34-32-30-28-22-20-18-16-14-12-10-8-6-4-2/h21,23,42,44,48-50,52-55,57-58,60-62H,3-20,22,24-41,43,45-47H2,1-2H3,(H,56,59)/b23-21-,44-42+. The van der Waals surface area contributed by atoms with Crippen LogP contribution in [0.1, 0.15) is 264 Å². The van der Waals surface area contributed by atoms with E-state index in [1.54, 1.807) is 6.08 Å². The molecule has 7 unspecified atom stereocenters. The van der Waals surface area contributed by atoms with Crippen molar-refractivity contribution in [1.82, 2.24) is 5.32 Å². The molecule has 9 nitrogen and oxygen atoms in total. The van der Waals surface area contributed by atoms with Crippen molar-refractivity contribution in [2.75, 3.05) is 13.2 Å². The van der Waals surface area contributed by atoms with Crippen LogP contribution in [-0.4, -0.2) is 87.5 Å². The van der Waals surface area contributed by atoms with Crippen LogP contribution in [0.2, 0.25) is 0 Å². The van der Waals surface area contributed by atoms with Crippen molar-refractivity contribution in [3.63, 3.8) is 0 Å². The highest BCUT2D eigenvalue weighted by molar-refractivity contribution is 5.76. The monoisotopic (exact) mass is 908 g/mol. The van der Waals surface area contributed by atoms with Gasteiger partial charge >= 0.3 is 0 Å². The molecule has 1 rings (SSSR count). The number of unbranched alkanes of at least 4 members (excludes halogenated alkanes) is 35. The van der Waals surface area contributed by atoms with Crippen LogP contribution in [0.15, 0.2) is 24.3 Å². The molecule has 64 heavy (non-hydrogen) atoms. The Balaban J connectivity index is 2.25. The van der Waals surface area contributed by atoms with Crippen molar-refractivity contribution in [2.45, 2.75) is 307 Å². The molecule has 0 radical (unpaired) electrons. The van der Waals surface area contributed by atoms with Gasteiger partial charge in [-0.1, -0.05) is 237 Å². The number of allylic oxidation sites excluding steroid dienone is 3. The van der Waals surface area contributed by atoms with Crippen molar-refractivity contribution in [2.24, 2.45) is 0 Å². The van der Waals surface area contributed by atoms with E-state index in [9.17, 15) is 30.3 Å². The SMILES string of the molecule is CCCCCCCCCC/C=C\CCCCCCCCCCCCCC(=O)NC(COC1OC(CO)C(O)C(O)C1O)C(O)/C=C/CCCCCCCCCCCCCCCCCC. The van der Waals surface area contributed by atoms with Crippen molar-refractivity contribution >= 4 is 5.91 Å². The quantitative estimate of drug-likeness (QED) is 0.0261. The summed E-state index contributed by atoms with van der Waals surface area (Å²) in [6, 6.07) is -0.803. The van der Waals surface area contributed by atoms with Gasteiger partial charge < -0.3 is 40.3 Å². The molecule has 0 saturated carbocycles. The van der Waals surface area contributed by atoms with E-state index in [2.05, 4.69) is 31.3 Å². The summed E-state index contributed by atoms with van der Waals surface area (Å²) in [5.74, 6) is -0.174. The number of ether oxygens (including phenoxy) is 2. The maximum Gasteiger partial charge on any atom is 0.220 e. The smallest absolute Gasteiger partial charge is 0.220 e. The van der Waals surface area contributed by atoms with Gasteiger partial charge in [0, 0.05) is 6.42 Å². The summed E-state index contributed by atoms with van der Waals surface area (Å²) in [6.07, 6.45) is 49.4. The predicted molar refractivity (Wildman–Crippen MR) is 267 cm³/mol. The first kappa shape index (κ1) is 60.7. The molecule has 1 heterocycles. The molecule has 9 heteroatoms. The summed E-state index contributed by atoms with van der Waals surface area (Å²) in [4.78, 5) is 13.0. The Morgan fingerprint density at radius 2 is 0.875 bits per heavy atom. The van der Waals surface area contributed by atoms with E-state index >= 15 is 0 Å². The van der Waals surface area contributed by atoms with Crippen LogP contribution in [-0.2, 0) is 14.3 Å². The van der Waals surface area contributed by atoms with Crippen molar-refractivity contribution in [3.8, 4) is 0 Å². The van der Waals surface area contributed by atoms with Gasteiger partial charge in [-0.2, -0.15) is 0 Å². The number of hydrogen-bond acceptors (Lipinski definition) is 8. The Morgan fingerprint density at radius 3 is 1.27 bits per heavy atom. The van der Waals surface area contributed by atoms with E-state index in [1.165, 1.54) is 205 Å². The Hall–Kier alpha value is -1.33. The molecule has 0 aromatic heterocycles. The molecule has 1 amide bonds. The van der Waals surface area contributed by atoms with Gasteiger partial charge in [0.15, 0.2) is 6.29 Å². The van der Waals surface area contributed by atoms with Gasteiger partial charge in [-0.15, -0.1) is 0 Å². The van der Waals surface area contributed by atoms with E-state index in [1.807, 2.05) is 6.08 Å². The van der Waals surface area contributed by atoms with Crippen LogP contribution in [0, 0.1) is 0 Å². The molecule has 0 aliphatic carbocycles. The first-order valence-corrected chi connectivity index (χ1v) is 27.6. The maximum absolute atomic E-state index is 13.0. The number of hydrogen-bond donors (Lipinski definition) is 6. The lowest BCUT2D eigenvalue weighted by Crippen LogP contribution is -2.60. The zero-order chi connectivity index (χ0) is 46.6. The van der Waals surface area contributed by atoms with Crippen LogP contribution in [0.4, 0.5) is 0 Å². The lowest BCUT2D eigenvalue weighted by molar-refractivity contribution is -0.302. The predicted octanol–water partition coefficient (Wildman–Crippen LogP) is 13.0. The van der Waals surface area contributed by atoms with E-state index < -0.39 is 49.5 Å². The number of nitrogens with one attached hydrogen (secondary N) is 1. The molecule has 6 N–H and O–H groups in total. The van der Waals surface area contributed by atoms with E-state index in [-0.39, 0.29) is 12.5 Å². The molecule has 378 valence electrons. The first-order valence-electron chi connectivity index (χ1n) is 27.6. The third kappa shape index (κ3) is 34.9. The fourth-order valence-electron chi connectivity index (χ4n) is 8.86. The molecular formula is C55H105NO8. The van der Waals surface area contributed by atoms with E-state index in [4.69, 9.17) is 9.47 Å². The number of carbonyl (C=O) groups excluding carboxylic acids is 1.